The molecule has 0 atom stereocenters. The van der Waals surface area contributed by atoms with Crippen LogP contribution in [0.4, 0.5) is 13.2 Å². The summed E-state index contributed by atoms with van der Waals surface area (Å²) in [6, 6.07) is 4.73. The molecule has 1 N–H and O–H groups in total. The van der Waals surface area contributed by atoms with E-state index in [-0.39, 0.29) is 11.0 Å². The monoisotopic (exact) mass is 431 g/mol. The van der Waals surface area contributed by atoms with E-state index in [9.17, 15) is 18.0 Å². The number of nitrogens with zero attached hydrogens (tertiary/aromatic N) is 2. The first-order valence-corrected chi connectivity index (χ1v) is 10.8. The van der Waals surface area contributed by atoms with Crippen molar-refractivity contribution in [2.75, 3.05) is 13.1 Å². The number of benzene rings is 1. The van der Waals surface area contributed by atoms with Crippen molar-refractivity contribution in [1.29, 1.82) is 0 Å². The number of hydrogen-bond donors (Lipinski definition) is 1. The second-order valence-electron chi connectivity index (χ2n) is 9.37. The first kappa shape index (κ1) is 21.8. The molecule has 0 amide bonds. The number of halogens is 3. The van der Waals surface area contributed by atoms with Crippen LogP contribution < -0.4 is 5.56 Å². The molecule has 7 heteroatoms. The van der Waals surface area contributed by atoms with Crippen LogP contribution in [0.15, 0.2) is 40.2 Å². The molecular formula is C24H28F3N3O. The van der Waals surface area contributed by atoms with Crippen LogP contribution in [0, 0.1) is 5.41 Å². The fraction of sp³-hybridized carbons (Fsp3) is 0.500. The summed E-state index contributed by atoms with van der Waals surface area (Å²) in [4.78, 5) is 22.5. The molecule has 0 spiro atoms. The van der Waals surface area contributed by atoms with Crippen molar-refractivity contribution in [2.45, 2.75) is 59.2 Å². The molecule has 166 valence electrons. The smallest absolute Gasteiger partial charge is 0.306 e. The van der Waals surface area contributed by atoms with Crippen LogP contribution in [-0.2, 0) is 19.1 Å². The van der Waals surface area contributed by atoms with Crippen LogP contribution in [0.2, 0.25) is 0 Å². The summed E-state index contributed by atoms with van der Waals surface area (Å²) in [5, 5.41) is 0. The normalized spacial score (nSPS) is 19.4. The first-order valence-electron chi connectivity index (χ1n) is 10.8. The number of fused-ring (bicyclic) bond motifs is 1. The lowest BCUT2D eigenvalue weighted by Gasteiger charge is -2.38. The quantitative estimate of drug-likeness (QED) is 0.668. The Hall–Kier alpha value is -2.41. The maximum absolute atomic E-state index is 12.8. The Bertz CT molecular complexity index is 1060. The first-order chi connectivity index (χ1) is 14.5. The fourth-order valence-electron chi connectivity index (χ4n) is 4.82. The topological polar surface area (TPSA) is 49.0 Å². The van der Waals surface area contributed by atoms with Gasteiger partial charge in [0.15, 0.2) is 0 Å². The number of alkyl halides is 3. The number of hydrogen-bond acceptors (Lipinski definition) is 3. The van der Waals surface area contributed by atoms with Gasteiger partial charge < -0.3 is 4.98 Å². The van der Waals surface area contributed by atoms with Crippen LogP contribution in [0.5, 0.6) is 0 Å². The summed E-state index contributed by atoms with van der Waals surface area (Å²) < 4.78 is 38.4. The maximum Gasteiger partial charge on any atom is 0.416 e. The summed E-state index contributed by atoms with van der Waals surface area (Å²) in [6.45, 7) is 9.03. The van der Waals surface area contributed by atoms with Crippen LogP contribution in [0.25, 0.3) is 11.4 Å². The van der Waals surface area contributed by atoms with E-state index >= 15 is 0 Å². The minimum absolute atomic E-state index is 0.180. The Morgan fingerprint density at radius 3 is 2.52 bits per heavy atom. The second kappa shape index (κ2) is 7.93. The summed E-state index contributed by atoms with van der Waals surface area (Å²) >= 11 is 0. The Morgan fingerprint density at radius 1 is 1.16 bits per heavy atom. The Balaban J connectivity index is 1.56. The summed E-state index contributed by atoms with van der Waals surface area (Å²) in [5.41, 5.74) is 4.07. The Kier molecular flexibility index (Phi) is 5.58. The highest BCUT2D eigenvalue weighted by atomic mass is 19.4. The highest BCUT2D eigenvalue weighted by molar-refractivity contribution is 5.56. The van der Waals surface area contributed by atoms with Gasteiger partial charge in [-0.05, 0) is 43.7 Å². The van der Waals surface area contributed by atoms with Crippen LogP contribution in [0.3, 0.4) is 0 Å². The lowest BCUT2D eigenvalue weighted by Crippen LogP contribution is -2.39. The molecule has 1 aromatic carbocycles. The van der Waals surface area contributed by atoms with Crippen molar-refractivity contribution in [3.8, 4) is 11.4 Å². The third-order valence-corrected chi connectivity index (χ3v) is 6.70. The molecule has 1 aliphatic heterocycles. The van der Waals surface area contributed by atoms with Gasteiger partial charge in [-0.2, -0.15) is 13.2 Å². The van der Waals surface area contributed by atoms with Gasteiger partial charge in [-0.15, -0.1) is 0 Å². The van der Waals surface area contributed by atoms with E-state index in [1.807, 2.05) is 0 Å². The third kappa shape index (κ3) is 4.47. The molecule has 0 saturated carbocycles. The molecule has 4 nitrogen and oxygen atoms in total. The van der Waals surface area contributed by atoms with E-state index in [0.29, 0.717) is 29.9 Å². The standard InChI is InChI=1S/C24H28F3N3O/c1-15-5-4-11-23(2,3)19(15)14-30-12-10-20-18(13-30)22(31)29-21(28-20)16-6-8-17(9-7-16)24(25,26)27/h6-9H,4-5,10-14H2,1-3H3,(H,28,29,31). The van der Waals surface area contributed by atoms with Gasteiger partial charge in [0.25, 0.3) is 5.56 Å². The van der Waals surface area contributed by atoms with Gasteiger partial charge >= 0.3 is 6.18 Å². The maximum atomic E-state index is 12.8. The van der Waals surface area contributed by atoms with E-state index in [1.165, 1.54) is 36.1 Å². The average Bonchev–Trinajstić information content (AvgIpc) is 2.70. The minimum Gasteiger partial charge on any atom is -0.306 e. The fourth-order valence-corrected chi connectivity index (χ4v) is 4.82. The zero-order valence-electron chi connectivity index (χ0n) is 18.2. The lowest BCUT2D eigenvalue weighted by molar-refractivity contribution is -0.137. The number of allylic oxidation sites excluding steroid dienone is 1. The molecular weight excluding hydrogens is 403 g/mol. The zero-order valence-corrected chi connectivity index (χ0v) is 18.2. The lowest BCUT2D eigenvalue weighted by atomic mass is 9.72. The number of rotatable bonds is 3. The third-order valence-electron chi connectivity index (χ3n) is 6.70. The minimum atomic E-state index is -4.39. The van der Waals surface area contributed by atoms with Gasteiger partial charge in [-0.25, -0.2) is 4.98 Å². The molecule has 0 radical (unpaired) electrons. The molecule has 1 aliphatic carbocycles. The molecule has 1 aromatic heterocycles. The van der Waals surface area contributed by atoms with Gasteiger partial charge in [0.1, 0.15) is 5.82 Å². The SMILES string of the molecule is CC1=C(CN2CCc3nc(-c4ccc(C(F)(F)F)cc4)[nH]c(=O)c3C2)C(C)(C)CCC1. The molecule has 2 aliphatic rings. The summed E-state index contributed by atoms with van der Waals surface area (Å²) in [5.74, 6) is 0.317. The number of aromatic nitrogens is 2. The van der Waals surface area contributed by atoms with Gasteiger partial charge in [-0.3, -0.25) is 9.69 Å². The molecule has 0 saturated heterocycles. The highest BCUT2D eigenvalue weighted by Crippen LogP contribution is 2.40. The van der Waals surface area contributed by atoms with Crippen molar-refractivity contribution in [2.24, 2.45) is 5.41 Å². The van der Waals surface area contributed by atoms with Gasteiger partial charge in [0, 0.05) is 31.6 Å². The molecule has 0 unspecified atom stereocenters. The van der Waals surface area contributed by atoms with Crippen LogP contribution >= 0.6 is 0 Å². The average molecular weight is 432 g/mol. The van der Waals surface area contributed by atoms with Crippen LogP contribution in [-0.4, -0.2) is 28.0 Å². The largest absolute Gasteiger partial charge is 0.416 e. The van der Waals surface area contributed by atoms with Gasteiger partial charge in [0.2, 0.25) is 0 Å². The van der Waals surface area contributed by atoms with Crippen molar-refractivity contribution in [3.05, 3.63) is 62.6 Å². The molecule has 0 fully saturated rings. The van der Waals surface area contributed by atoms with Crippen LogP contribution in [0.1, 0.15) is 56.9 Å². The number of aromatic amines is 1. The molecule has 31 heavy (non-hydrogen) atoms. The van der Waals surface area contributed by atoms with E-state index in [1.54, 1.807) is 0 Å². The summed E-state index contributed by atoms with van der Waals surface area (Å²) in [6.07, 6.45) is -0.189. The van der Waals surface area contributed by atoms with Crippen molar-refractivity contribution < 1.29 is 13.2 Å². The number of nitrogens with one attached hydrogen (secondary N) is 1. The molecule has 2 aromatic rings. The molecule has 4 rings (SSSR count). The molecule has 0 bridgehead atoms. The van der Waals surface area contributed by atoms with E-state index < -0.39 is 11.7 Å². The molecule has 2 heterocycles. The Morgan fingerprint density at radius 2 is 1.87 bits per heavy atom. The second-order valence-corrected chi connectivity index (χ2v) is 9.37. The summed E-state index contributed by atoms with van der Waals surface area (Å²) in [7, 11) is 0. The van der Waals surface area contributed by atoms with Crippen molar-refractivity contribution in [3.63, 3.8) is 0 Å². The predicted molar refractivity (Wildman–Crippen MR) is 115 cm³/mol. The Labute approximate surface area is 180 Å². The predicted octanol–water partition coefficient (Wildman–Crippen LogP) is 5.34. The number of H-pyrrole nitrogens is 1. The van der Waals surface area contributed by atoms with E-state index in [2.05, 4.69) is 35.6 Å². The van der Waals surface area contributed by atoms with E-state index in [4.69, 9.17) is 0 Å². The van der Waals surface area contributed by atoms with Gasteiger partial charge in [0.05, 0.1) is 16.8 Å². The van der Waals surface area contributed by atoms with Gasteiger partial charge in [-0.1, -0.05) is 37.1 Å². The zero-order chi connectivity index (χ0) is 22.4. The van der Waals surface area contributed by atoms with E-state index in [0.717, 1.165) is 37.3 Å². The van der Waals surface area contributed by atoms with Crippen molar-refractivity contribution in [1.82, 2.24) is 14.9 Å². The highest BCUT2D eigenvalue weighted by Gasteiger charge is 2.32. The van der Waals surface area contributed by atoms with Crippen molar-refractivity contribution >= 4 is 0 Å².